The maximum atomic E-state index is 13.8. The number of ether oxygens (including phenoxy) is 1. The van der Waals surface area contributed by atoms with Crippen LogP contribution < -0.4 is 0 Å². The van der Waals surface area contributed by atoms with Crippen molar-refractivity contribution in [2.24, 2.45) is 0 Å². The smallest absolute Gasteiger partial charge is 0.355 e. The molecule has 108 valence electrons. The fourth-order valence-corrected chi connectivity index (χ4v) is 2.43. The van der Waals surface area contributed by atoms with E-state index in [1.54, 1.807) is 19.1 Å². The first-order valence-electron chi connectivity index (χ1n) is 5.86. The van der Waals surface area contributed by atoms with Gasteiger partial charge in [-0.2, -0.15) is 0 Å². The summed E-state index contributed by atoms with van der Waals surface area (Å²) < 4.78 is 45.2. The van der Waals surface area contributed by atoms with Gasteiger partial charge in [0.2, 0.25) is 6.30 Å². The lowest BCUT2D eigenvalue weighted by Gasteiger charge is -2.14. The van der Waals surface area contributed by atoms with Crippen LogP contribution in [0.3, 0.4) is 0 Å². The molecular formula is C13H11BrF3NO2. The Balaban J connectivity index is 2.69. The lowest BCUT2D eigenvalue weighted by molar-refractivity contribution is 0.00720. The van der Waals surface area contributed by atoms with E-state index in [2.05, 4.69) is 15.9 Å². The number of rotatable bonds is 4. The van der Waals surface area contributed by atoms with Crippen LogP contribution in [0.5, 0.6) is 0 Å². The molecule has 0 saturated heterocycles. The molecule has 0 aliphatic rings. The van der Waals surface area contributed by atoms with E-state index >= 15 is 0 Å². The number of aromatic nitrogens is 1. The van der Waals surface area contributed by atoms with Crippen molar-refractivity contribution in [3.05, 3.63) is 34.4 Å². The highest BCUT2D eigenvalue weighted by molar-refractivity contribution is 9.10. The number of alkyl halides is 3. The molecule has 2 rings (SSSR count). The molecule has 0 bridgehead atoms. The van der Waals surface area contributed by atoms with Gasteiger partial charge >= 0.3 is 5.97 Å². The summed E-state index contributed by atoms with van der Waals surface area (Å²) in [6.07, 6.45) is -5.85. The van der Waals surface area contributed by atoms with Crippen LogP contribution in [0.25, 0.3) is 10.9 Å². The number of hydrogen-bond donors (Lipinski definition) is 0. The second-order valence-electron chi connectivity index (χ2n) is 4.00. The van der Waals surface area contributed by atoms with Crippen molar-refractivity contribution < 1.29 is 22.7 Å². The summed E-state index contributed by atoms with van der Waals surface area (Å²) in [5.41, 5.74) is -0.0308. The van der Waals surface area contributed by atoms with Crippen LogP contribution in [-0.2, 0) is 4.74 Å². The summed E-state index contributed by atoms with van der Waals surface area (Å²) in [5, 5.41) is 0.471. The maximum Gasteiger partial charge on any atom is 0.355 e. The first-order chi connectivity index (χ1) is 9.47. The van der Waals surface area contributed by atoms with E-state index < -0.39 is 18.7 Å². The Morgan fingerprint density at radius 1 is 1.40 bits per heavy atom. The van der Waals surface area contributed by atoms with Gasteiger partial charge in [-0.3, -0.25) is 4.57 Å². The van der Waals surface area contributed by atoms with Crippen LogP contribution in [0.1, 0.15) is 23.7 Å². The molecule has 1 aromatic heterocycles. The molecule has 0 fully saturated rings. The van der Waals surface area contributed by atoms with Gasteiger partial charge in [-0.1, -0.05) is 22.0 Å². The lowest BCUT2D eigenvalue weighted by atomic mass is 10.2. The molecule has 1 heterocycles. The first-order valence-corrected chi connectivity index (χ1v) is 6.65. The second kappa shape index (κ2) is 5.87. The van der Waals surface area contributed by atoms with Gasteiger partial charge in [0.15, 0.2) is 0 Å². The molecule has 20 heavy (non-hydrogen) atoms. The Hall–Kier alpha value is -1.50. The molecule has 3 nitrogen and oxygen atoms in total. The van der Waals surface area contributed by atoms with Crippen molar-refractivity contribution in [2.75, 3.05) is 6.61 Å². The van der Waals surface area contributed by atoms with Crippen molar-refractivity contribution in [3.63, 3.8) is 0 Å². The zero-order valence-electron chi connectivity index (χ0n) is 10.4. The minimum absolute atomic E-state index is 0.0765. The number of nitrogens with zero attached hydrogens (tertiary/aromatic N) is 1. The van der Waals surface area contributed by atoms with Gasteiger partial charge in [0.1, 0.15) is 5.69 Å². The average molecular weight is 350 g/mol. The van der Waals surface area contributed by atoms with Gasteiger partial charge in [0, 0.05) is 9.86 Å². The standard InChI is InChI=1S/C13H11BrF3NO2/c1-2-20-13(19)10-6-7-8(14)4-3-5-9(7)18(10)12(17)11(15)16/h3-6,11-12H,2H2,1H3. The first kappa shape index (κ1) is 14.9. The van der Waals surface area contributed by atoms with Crippen LogP contribution in [0.15, 0.2) is 28.7 Å². The van der Waals surface area contributed by atoms with Crippen molar-refractivity contribution in [2.45, 2.75) is 19.6 Å². The van der Waals surface area contributed by atoms with E-state index in [1.165, 1.54) is 12.1 Å². The van der Waals surface area contributed by atoms with Crippen LogP contribution >= 0.6 is 15.9 Å². The molecule has 2 aromatic rings. The summed E-state index contributed by atoms with van der Waals surface area (Å²) >= 11 is 3.24. The minimum Gasteiger partial charge on any atom is -0.461 e. The fourth-order valence-electron chi connectivity index (χ4n) is 1.96. The Kier molecular flexibility index (Phi) is 4.37. The Morgan fingerprint density at radius 2 is 2.10 bits per heavy atom. The summed E-state index contributed by atoms with van der Waals surface area (Å²) in [4.78, 5) is 11.8. The third-order valence-corrected chi connectivity index (χ3v) is 3.46. The van der Waals surface area contributed by atoms with Gasteiger partial charge in [0.05, 0.1) is 12.1 Å². The molecule has 0 radical (unpaired) electrons. The number of halogens is 4. The number of benzene rings is 1. The Morgan fingerprint density at radius 3 is 2.70 bits per heavy atom. The largest absolute Gasteiger partial charge is 0.461 e. The van der Waals surface area contributed by atoms with E-state index in [4.69, 9.17) is 4.74 Å². The zero-order valence-corrected chi connectivity index (χ0v) is 12.0. The van der Waals surface area contributed by atoms with Gasteiger partial charge in [0.25, 0.3) is 6.43 Å². The number of carbonyl (C=O) groups is 1. The Labute approximate surface area is 121 Å². The second-order valence-corrected chi connectivity index (χ2v) is 4.85. The van der Waals surface area contributed by atoms with Crippen molar-refractivity contribution >= 4 is 32.8 Å². The molecule has 0 saturated carbocycles. The highest BCUT2D eigenvalue weighted by Crippen LogP contribution is 2.32. The van der Waals surface area contributed by atoms with Crippen molar-refractivity contribution in [1.29, 1.82) is 0 Å². The lowest BCUT2D eigenvalue weighted by Crippen LogP contribution is -2.18. The van der Waals surface area contributed by atoms with Crippen LogP contribution in [0, 0.1) is 0 Å². The molecule has 0 amide bonds. The van der Waals surface area contributed by atoms with Crippen LogP contribution in [0.2, 0.25) is 0 Å². The zero-order chi connectivity index (χ0) is 14.9. The van der Waals surface area contributed by atoms with Crippen molar-refractivity contribution in [3.8, 4) is 0 Å². The molecule has 0 spiro atoms. The number of fused-ring (bicyclic) bond motifs is 1. The average Bonchev–Trinajstić information content (AvgIpc) is 2.79. The van der Waals surface area contributed by atoms with E-state index in [0.717, 1.165) is 0 Å². The minimum atomic E-state index is -3.24. The molecular weight excluding hydrogens is 339 g/mol. The normalized spacial score (nSPS) is 12.9. The number of esters is 1. The molecule has 1 atom stereocenters. The highest BCUT2D eigenvalue weighted by Gasteiger charge is 2.29. The van der Waals surface area contributed by atoms with E-state index in [1.807, 2.05) is 0 Å². The summed E-state index contributed by atoms with van der Waals surface area (Å²) in [6, 6.07) is 6.07. The summed E-state index contributed by atoms with van der Waals surface area (Å²) in [7, 11) is 0. The fraction of sp³-hybridized carbons (Fsp3) is 0.308. The van der Waals surface area contributed by atoms with E-state index in [-0.39, 0.29) is 17.8 Å². The van der Waals surface area contributed by atoms with Gasteiger partial charge < -0.3 is 4.74 Å². The molecule has 7 heteroatoms. The monoisotopic (exact) mass is 349 g/mol. The summed E-state index contributed by atoms with van der Waals surface area (Å²) in [6.45, 7) is 1.66. The third kappa shape index (κ3) is 2.54. The predicted molar refractivity (Wildman–Crippen MR) is 71.7 cm³/mol. The number of carbonyl (C=O) groups excluding carboxylic acids is 1. The molecule has 0 aliphatic heterocycles. The van der Waals surface area contributed by atoms with Crippen LogP contribution in [-0.4, -0.2) is 23.6 Å². The summed E-state index contributed by atoms with van der Waals surface area (Å²) in [5.74, 6) is -0.834. The van der Waals surface area contributed by atoms with E-state index in [0.29, 0.717) is 14.4 Å². The highest BCUT2D eigenvalue weighted by atomic mass is 79.9. The third-order valence-electron chi connectivity index (χ3n) is 2.77. The number of hydrogen-bond acceptors (Lipinski definition) is 2. The van der Waals surface area contributed by atoms with Crippen molar-refractivity contribution in [1.82, 2.24) is 4.57 Å². The van der Waals surface area contributed by atoms with Gasteiger partial charge in [-0.15, -0.1) is 0 Å². The Bertz CT molecular complexity index is 642. The SMILES string of the molecule is CCOC(=O)c1cc2c(Br)cccc2n1C(F)C(F)F. The quantitative estimate of drug-likeness (QED) is 0.770. The van der Waals surface area contributed by atoms with Crippen LogP contribution in [0.4, 0.5) is 13.2 Å². The van der Waals surface area contributed by atoms with Gasteiger partial charge in [-0.05, 0) is 25.1 Å². The van der Waals surface area contributed by atoms with E-state index in [9.17, 15) is 18.0 Å². The topological polar surface area (TPSA) is 31.2 Å². The molecule has 0 aliphatic carbocycles. The predicted octanol–water partition coefficient (Wildman–Crippen LogP) is 4.31. The maximum absolute atomic E-state index is 13.8. The molecule has 1 unspecified atom stereocenters. The van der Waals surface area contributed by atoms with Gasteiger partial charge in [-0.25, -0.2) is 18.0 Å². The molecule has 1 aromatic carbocycles. The molecule has 0 N–H and O–H groups in total.